The second-order valence-electron chi connectivity index (χ2n) is 27.9. The molecule has 4 aromatic heterocycles. The fourth-order valence-electron chi connectivity index (χ4n) is 11.4. The molecule has 115 heavy (non-hydrogen) atoms. The van der Waals surface area contributed by atoms with Gasteiger partial charge in [0.2, 0.25) is 0 Å². The lowest BCUT2D eigenvalue weighted by Crippen LogP contribution is -2.36. The van der Waals surface area contributed by atoms with Crippen molar-refractivity contribution in [2.45, 2.75) is 82.6 Å². The van der Waals surface area contributed by atoms with E-state index in [4.69, 9.17) is 15.2 Å². The molecule has 0 saturated carbocycles. The van der Waals surface area contributed by atoms with Crippen molar-refractivity contribution in [3.05, 3.63) is 448 Å². The molecule has 0 bridgehead atoms. The highest BCUT2D eigenvalue weighted by atomic mass is 32.1. The van der Waals surface area contributed by atoms with Crippen molar-refractivity contribution in [3.63, 3.8) is 0 Å². The van der Waals surface area contributed by atoms with Gasteiger partial charge in [-0.05, 0) is 206 Å². The van der Waals surface area contributed by atoms with Gasteiger partial charge in [-0.25, -0.2) is 4.68 Å². The molecule has 0 spiro atoms. The lowest BCUT2D eigenvalue weighted by Gasteiger charge is -2.28. The van der Waals surface area contributed by atoms with Crippen LogP contribution in [-0.2, 0) is 11.2 Å². The number of hydrogen-bond acceptors (Lipinski definition) is 9. The second kappa shape index (κ2) is 47.1. The molecule has 0 amide bonds. The normalized spacial score (nSPS) is 10.8. The molecule has 1 saturated heterocycles. The summed E-state index contributed by atoms with van der Waals surface area (Å²) in [6, 6.07) is 121. The Labute approximate surface area is 691 Å². The van der Waals surface area contributed by atoms with Gasteiger partial charge in [-0.15, -0.1) is 22.7 Å². The number of hydrogen-bond donors (Lipinski definition) is 1. The van der Waals surface area contributed by atoms with Crippen LogP contribution >= 0.6 is 22.7 Å². The zero-order chi connectivity index (χ0) is 81.4. The van der Waals surface area contributed by atoms with Gasteiger partial charge >= 0.3 is 0 Å². The van der Waals surface area contributed by atoms with E-state index in [1.165, 1.54) is 103 Å². The number of carbonyl (C=O) groups excluding carboxylic acids is 1. The number of nitrogens with zero attached hydrogens (tertiary/aromatic N) is 4. The molecule has 0 aliphatic carbocycles. The van der Waals surface area contributed by atoms with Crippen LogP contribution in [0.2, 0.25) is 0 Å². The molecule has 8 nitrogen and oxygen atoms in total. The van der Waals surface area contributed by atoms with Crippen LogP contribution in [-0.4, -0.2) is 46.9 Å². The Kier molecular flexibility index (Phi) is 35.4. The number of aromatic nitrogens is 3. The van der Waals surface area contributed by atoms with E-state index in [-0.39, 0.29) is 5.78 Å². The molecule has 0 atom stereocenters. The summed E-state index contributed by atoms with van der Waals surface area (Å²) in [7, 11) is 0. The van der Waals surface area contributed by atoms with Gasteiger partial charge in [0.05, 0.1) is 18.9 Å². The minimum Gasteiger partial charge on any atom is -0.457 e. The van der Waals surface area contributed by atoms with E-state index in [0.717, 1.165) is 72.4 Å². The van der Waals surface area contributed by atoms with E-state index in [0.29, 0.717) is 0 Å². The summed E-state index contributed by atoms with van der Waals surface area (Å²) in [4.78, 5) is 24.0. The van der Waals surface area contributed by atoms with Gasteiger partial charge in [0, 0.05) is 84.9 Å². The second-order valence-corrected chi connectivity index (χ2v) is 30.5. The van der Waals surface area contributed by atoms with Gasteiger partial charge < -0.3 is 20.1 Å². The number of nitrogens with two attached hydrogens (primary N) is 1. The first-order valence-corrected chi connectivity index (χ1v) is 40.7. The molecular formula is C105H107N5O3S2. The Hall–Kier alpha value is -12.6. The van der Waals surface area contributed by atoms with Gasteiger partial charge in [-0.3, -0.25) is 9.78 Å². The van der Waals surface area contributed by atoms with Gasteiger partial charge in [0.25, 0.3) is 0 Å². The number of para-hydroxylation sites is 1. The van der Waals surface area contributed by atoms with E-state index in [2.05, 4.69) is 265 Å². The minimum atomic E-state index is 0.0793. The highest BCUT2D eigenvalue weighted by molar-refractivity contribution is 7.15. The standard InChI is InChI=1S/C14H12O.C13H13N.C13H12O.C13H14S.C12H11N.C11H15NO.C11H10S.C10H10N2.C8H10/c1-11-7-9-13(10-8-11)14(15)12-5-3-2-4-6-12;1-10-2-4-11(5-3-10)12-6-8-13(14)9-7-12;1-11-7-9-13(10-8-11)14-12-5-3-2-4-6-12;1-3-11-5-7-12(8-6-11)13-9-4-10(2)14-13;1-10-7-8-12(9-13-10)11-5-3-2-4-6-11;1-10-2-4-11(5-3-10)12-6-8-13-9-7-12;1-9-7-8-11(12-9)10-5-3-2-4-6-10;1-9-3-5-10(6-4-9)12-8-2-7-11-12;1-7-3-5-8(2)6-4-7/h2-10H,1H3;2-9H,14H2,1H3;2-10H,1H3;4-9H,3H2,1-2H3;2-9H,1H3;2-5H,6-9H2,1H3;2*2-8H,1H3;3-6H,1-2H3. The van der Waals surface area contributed by atoms with Crippen molar-refractivity contribution in [3.8, 4) is 60.3 Å². The first-order chi connectivity index (χ1) is 55.9. The number of rotatable bonds is 11. The molecule has 1 aliphatic heterocycles. The van der Waals surface area contributed by atoms with Crippen molar-refractivity contribution >= 4 is 39.8 Å². The van der Waals surface area contributed by atoms with Crippen LogP contribution in [0.15, 0.2) is 377 Å². The highest BCUT2D eigenvalue weighted by Gasteiger charge is 2.11. The molecule has 5 heterocycles. The predicted molar refractivity (Wildman–Crippen MR) is 491 cm³/mol. The Bertz CT molecular complexity index is 5260. The number of ketones is 1. The number of aryl methyl sites for hydroxylation is 11. The summed E-state index contributed by atoms with van der Waals surface area (Å²) in [5.74, 6) is 1.83. The highest BCUT2D eigenvalue weighted by Crippen LogP contribution is 2.30. The molecule has 1 fully saturated rings. The zero-order valence-corrected chi connectivity index (χ0v) is 69.9. The smallest absolute Gasteiger partial charge is 0.193 e. The predicted octanol–water partition coefficient (Wildman–Crippen LogP) is 27.6. The molecule has 16 aromatic rings. The number of ether oxygens (including phenoxy) is 2. The first-order valence-electron chi connectivity index (χ1n) is 39.0. The molecule has 2 N–H and O–H groups in total. The molecular weight excluding hydrogens is 1440 g/mol. The number of benzene rings is 12. The van der Waals surface area contributed by atoms with Crippen molar-refractivity contribution in [2.75, 3.05) is 36.9 Å². The number of thiophene rings is 2. The number of morpholine rings is 1. The van der Waals surface area contributed by atoms with E-state index in [1.54, 1.807) is 6.20 Å². The number of nitrogen functional groups attached to an aromatic ring is 1. The van der Waals surface area contributed by atoms with Gasteiger partial charge in [0.1, 0.15) is 11.5 Å². The maximum Gasteiger partial charge on any atom is 0.193 e. The molecule has 10 heteroatoms. The van der Waals surface area contributed by atoms with Crippen LogP contribution < -0.4 is 15.4 Å². The van der Waals surface area contributed by atoms with Crippen molar-refractivity contribution in [1.29, 1.82) is 0 Å². The van der Waals surface area contributed by atoms with Crippen LogP contribution in [0, 0.1) is 69.2 Å². The lowest BCUT2D eigenvalue weighted by molar-refractivity contribution is 0.103. The third kappa shape index (κ3) is 30.8. The summed E-state index contributed by atoms with van der Waals surface area (Å²) in [6.07, 6.45) is 6.74. The fraction of sp³-hybridized carbons (Fsp3) is 0.152. The van der Waals surface area contributed by atoms with E-state index in [9.17, 15) is 4.79 Å². The molecule has 12 aromatic carbocycles. The topological polar surface area (TPSA) is 95.5 Å². The van der Waals surface area contributed by atoms with Crippen LogP contribution in [0.4, 0.5) is 11.4 Å². The summed E-state index contributed by atoms with van der Waals surface area (Å²) in [5.41, 5.74) is 29.2. The van der Waals surface area contributed by atoms with Crippen molar-refractivity contribution in [1.82, 2.24) is 14.8 Å². The molecule has 0 radical (unpaired) electrons. The Morgan fingerprint density at radius 3 is 1.19 bits per heavy atom. The van der Waals surface area contributed by atoms with Crippen LogP contribution in [0.5, 0.6) is 11.5 Å². The van der Waals surface area contributed by atoms with Gasteiger partial charge in [0.15, 0.2) is 5.78 Å². The average Bonchev–Trinajstić information content (AvgIpc) is 1.76. The fourth-order valence-corrected chi connectivity index (χ4v) is 13.1. The summed E-state index contributed by atoms with van der Waals surface area (Å²) < 4.78 is 12.8. The third-order valence-corrected chi connectivity index (χ3v) is 20.4. The Morgan fingerprint density at radius 2 is 0.748 bits per heavy atom. The zero-order valence-electron chi connectivity index (χ0n) is 68.2. The Balaban J connectivity index is 0.000000148. The van der Waals surface area contributed by atoms with Crippen LogP contribution in [0.1, 0.15) is 82.8 Å². The van der Waals surface area contributed by atoms with Crippen molar-refractivity contribution < 1.29 is 14.3 Å². The van der Waals surface area contributed by atoms with E-state index >= 15 is 0 Å². The van der Waals surface area contributed by atoms with Crippen molar-refractivity contribution in [2.24, 2.45) is 0 Å². The maximum atomic E-state index is 12.0. The monoisotopic (exact) mass is 1550 g/mol. The number of pyridine rings is 1. The average molecular weight is 1550 g/mol. The molecule has 582 valence electrons. The number of anilines is 2. The quantitative estimate of drug-likeness (QED) is 0.102. The maximum absolute atomic E-state index is 12.0. The molecule has 17 rings (SSSR count). The third-order valence-electron chi connectivity index (χ3n) is 18.3. The summed E-state index contributed by atoms with van der Waals surface area (Å²) in [6.45, 7) is 26.8. The first kappa shape index (κ1) is 86.4. The molecule has 1 aliphatic rings. The molecule has 0 unspecified atom stereocenters. The van der Waals surface area contributed by atoms with E-state index in [1.807, 2.05) is 223 Å². The number of carbonyl (C=O) groups is 1. The largest absolute Gasteiger partial charge is 0.457 e. The Morgan fingerprint density at radius 1 is 0.374 bits per heavy atom. The summed E-state index contributed by atoms with van der Waals surface area (Å²) >= 11 is 3.70. The van der Waals surface area contributed by atoms with Crippen LogP contribution in [0.3, 0.4) is 0 Å². The summed E-state index contributed by atoms with van der Waals surface area (Å²) in [5, 5.41) is 4.13. The lowest BCUT2D eigenvalue weighted by atomic mass is 10.0. The minimum absolute atomic E-state index is 0.0793. The van der Waals surface area contributed by atoms with Crippen LogP contribution in [0.25, 0.3) is 48.8 Å². The van der Waals surface area contributed by atoms with Gasteiger partial charge in [-0.2, -0.15) is 5.10 Å². The SMILES string of the molecule is CCc1ccc(-c2ccc(C)s2)cc1.Cc1ccc(-c2ccc(N)cc2)cc1.Cc1ccc(-c2ccccc2)cn1.Cc1ccc(-c2ccccc2)s1.Cc1ccc(-n2cccn2)cc1.Cc1ccc(C(=O)c2ccccc2)cc1.Cc1ccc(C)cc1.Cc1ccc(N2CCOCC2)cc1.Cc1ccc(Oc2ccccc2)cc1. The van der Waals surface area contributed by atoms with E-state index < -0.39 is 0 Å². The van der Waals surface area contributed by atoms with Gasteiger partial charge in [-0.1, -0.05) is 307 Å².